The Balaban J connectivity index is 2.37. The Labute approximate surface area is 154 Å². The highest BCUT2D eigenvalue weighted by molar-refractivity contribution is 7.89. The number of hydrogen-bond donors (Lipinski definition) is 1. The van der Waals surface area contributed by atoms with E-state index in [-0.39, 0.29) is 16.5 Å². The largest absolute Gasteiger partial charge is 0.495 e. The second-order valence-corrected chi connectivity index (χ2v) is 8.15. The lowest BCUT2D eigenvalue weighted by Crippen LogP contribution is -2.31. The maximum atomic E-state index is 13.2. The number of methoxy groups -OCH3 is 1. The van der Waals surface area contributed by atoms with Gasteiger partial charge in [0.2, 0.25) is 10.0 Å². The number of hydrogen-bond acceptors (Lipinski definition) is 4. The van der Waals surface area contributed by atoms with E-state index in [9.17, 15) is 12.8 Å². The molecular weight excluding hydrogens is 355 g/mol. The van der Waals surface area contributed by atoms with Gasteiger partial charge in [-0.1, -0.05) is 18.2 Å². The molecule has 2 rings (SSSR count). The second-order valence-electron chi connectivity index (χ2n) is 6.47. The molecule has 1 N–H and O–H groups in total. The maximum Gasteiger partial charge on any atom is 0.244 e. The molecule has 0 aliphatic heterocycles. The van der Waals surface area contributed by atoms with Crippen LogP contribution in [0.2, 0.25) is 0 Å². The average molecular weight is 380 g/mol. The van der Waals surface area contributed by atoms with Crippen LogP contribution in [0, 0.1) is 12.7 Å². The Morgan fingerprint density at radius 1 is 1.15 bits per heavy atom. The summed E-state index contributed by atoms with van der Waals surface area (Å²) in [6, 6.07) is 10.4. The van der Waals surface area contributed by atoms with E-state index in [0.717, 1.165) is 5.56 Å². The number of aryl methyl sites for hydroxylation is 1. The minimum absolute atomic E-state index is 0.0944. The van der Waals surface area contributed by atoms with Gasteiger partial charge in [0.1, 0.15) is 16.5 Å². The van der Waals surface area contributed by atoms with Crippen LogP contribution in [0.4, 0.5) is 4.39 Å². The Bertz CT molecular complexity index is 836. The summed E-state index contributed by atoms with van der Waals surface area (Å²) in [5.41, 5.74) is 1.53. The molecule has 0 radical (unpaired) electrons. The molecule has 142 valence electrons. The third kappa shape index (κ3) is 5.27. The van der Waals surface area contributed by atoms with Gasteiger partial charge in [0.05, 0.1) is 7.11 Å². The molecule has 0 spiro atoms. The number of rotatable bonds is 8. The van der Waals surface area contributed by atoms with Gasteiger partial charge in [-0.25, -0.2) is 17.5 Å². The third-order valence-corrected chi connectivity index (χ3v) is 5.54. The van der Waals surface area contributed by atoms with Crippen molar-refractivity contribution in [2.75, 3.05) is 27.7 Å². The zero-order chi connectivity index (χ0) is 19.3. The van der Waals surface area contributed by atoms with Crippen LogP contribution >= 0.6 is 0 Å². The van der Waals surface area contributed by atoms with Crippen molar-refractivity contribution in [1.29, 1.82) is 0 Å². The first-order valence-corrected chi connectivity index (χ1v) is 9.78. The molecule has 0 aliphatic carbocycles. The SMILES string of the molecule is COc1ccc(C)cc1S(=O)(=O)NC(CCN(C)C)c1ccc(F)cc1. The molecule has 0 amide bonds. The summed E-state index contributed by atoms with van der Waals surface area (Å²) in [5, 5.41) is 0. The van der Waals surface area contributed by atoms with Crippen LogP contribution in [0.1, 0.15) is 23.6 Å². The number of nitrogens with zero attached hydrogens (tertiary/aromatic N) is 1. The molecule has 0 fully saturated rings. The molecule has 0 saturated carbocycles. The molecular formula is C19H25FN2O3S. The molecule has 7 heteroatoms. The Morgan fingerprint density at radius 2 is 1.81 bits per heavy atom. The van der Waals surface area contributed by atoms with Crippen LogP contribution in [-0.2, 0) is 10.0 Å². The molecule has 0 saturated heterocycles. The van der Waals surface area contributed by atoms with Gasteiger partial charge in [0.15, 0.2) is 0 Å². The topological polar surface area (TPSA) is 58.6 Å². The Morgan fingerprint density at radius 3 is 2.38 bits per heavy atom. The predicted octanol–water partition coefficient (Wildman–Crippen LogP) is 3.11. The van der Waals surface area contributed by atoms with Crippen molar-refractivity contribution >= 4 is 10.0 Å². The highest BCUT2D eigenvalue weighted by atomic mass is 32.2. The quantitative estimate of drug-likeness (QED) is 0.765. The van der Waals surface area contributed by atoms with E-state index in [1.54, 1.807) is 30.3 Å². The van der Waals surface area contributed by atoms with E-state index in [1.165, 1.54) is 19.2 Å². The average Bonchev–Trinajstić information content (AvgIpc) is 2.59. The summed E-state index contributed by atoms with van der Waals surface area (Å²) in [6.07, 6.45) is 0.548. The summed E-state index contributed by atoms with van der Waals surface area (Å²) >= 11 is 0. The zero-order valence-corrected chi connectivity index (χ0v) is 16.3. The van der Waals surface area contributed by atoms with Crippen LogP contribution in [0.3, 0.4) is 0 Å². The van der Waals surface area contributed by atoms with Crippen molar-refractivity contribution in [3.63, 3.8) is 0 Å². The van der Waals surface area contributed by atoms with Crippen LogP contribution in [0.25, 0.3) is 0 Å². The molecule has 1 unspecified atom stereocenters. The lowest BCUT2D eigenvalue weighted by atomic mass is 10.0. The Hall–Kier alpha value is -1.96. The van der Waals surface area contributed by atoms with E-state index >= 15 is 0 Å². The van der Waals surface area contributed by atoms with Crippen LogP contribution in [0.5, 0.6) is 5.75 Å². The van der Waals surface area contributed by atoms with Gasteiger partial charge in [0.25, 0.3) is 0 Å². The summed E-state index contributed by atoms with van der Waals surface area (Å²) in [5.74, 6) is -0.0723. The van der Waals surface area contributed by atoms with E-state index in [2.05, 4.69) is 4.72 Å². The minimum atomic E-state index is -3.82. The molecule has 0 aliphatic rings. The monoisotopic (exact) mass is 380 g/mol. The van der Waals surface area contributed by atoms with E-state index < -0.39 is 16.1 Å². The van der Waals surface area contributed by atoms with Crippen LogP contribution in [0.15, 0.2) is 47.4 Å². The van der Waals surface area contributed by atoms with E-state index in [1.807, 2.05) is 25.9 Å². The van der Waals surface area contributed by atoms with Gasteiger partial charge in [-0.15, -0.1) is 0 Å². The van der Waals surface area contributed by atoms with Gasteiger partial charge >= 0.3 is 0 Å². The fraction of sp³-hybridized carbons (Fsp3) is 0.368. The molecule has 0 heterocycles. The molecule has 2 aromatic carbocycles. The highest BCUT2D eigenvalue weighted by Gasteiger charge is 2.25. The van der Waals surface area contributed by atoms with Crippen molar-refractivity contribution in [3.05, 3.63) is 59.4 Å². The first-order valence-electron chi connectivity index (χ1n) is 8.30. The summed E-state index contributed by atoms with van der Waals surface area (Å²) < 4.78 is 47.2. The van der Waals surface area contributed by atoms with Crippen molar-refractivity contribution in [2.45, 2.75) is 24.3 Å². The van der Waals surface area contributed by atoms with Gasteiger partial charge in [-0.05, 0) is 69.4 Å². The third-order valence-electron chi connectivity index (χ3n) is 4.04. The van der Waals surface area contributed by atoms with Crippen molar-refractivity contribution < 1.29 is 17.5 Å². The smallest absolute Gasteiger partial charge is 0.244 e. The normalized spacial score (nSPS) is 13.0. The number of halogens is 1. The van der Waals surface area contributed by atoms with E-state index in [0.29, 0.717) is 18.5 Å². The number of sulfonamides is 1. The van der Waals surface area contributed by atoms with Crippen molar-refractivity contribution in [2.24, 2.45) is 0 Å². The number of ether oxygens (including phenoxy) is 1. The predicted molar refractivity (Wildman–Crippen MR) is 100 cm³/mol. The maximum absolute atomic E-state index is 13.2. The molecule has 0 bridgehead atoms. The van der Waals surface area contributed by atoms with Crippen molar-refractivity contribution in [3.8, 4) is 5.75 Å². The number of nitrogens with one attached hydrogen (secondary N) is 1. The van der Waals surface area contributed by atoms with Gasteiger partial charge in [-0.3, -0.25) is 0 Å². The van der Waals surface area contributed by atoms with Gasteiger partial charge < -0.3 is 9.64 Å². The zero-order valence-electron chi connectivity index (χ0n) is 15.5. The molecule has 0 aromatic heterocycles. The second kappa shape index (κ2) is 8.62. The molecule has 2 aromatic rings. The fourth-order valence-electron chi connectivity index (χ4n) is 2.62. The van der Waals surface area contributed by atoms with Crippen LogP contribution < -0.4 is 9.46 Å². The van der Waals surface area contributed by atoms with Crippen LogP contribution in [-0.4, -0.2) is 41.1 Å². The van der Waals surface area contributed by atoms with Crippen molar-refractivity contribution in [1.82, 2.24) is 9.62 Å². The molecule has 5 nitrogen and oxygen atoms in total. The summed E-state index contributed by atoms with van der Waals surface area (Å²) in [6.45, 7) is 2.50. The minimum Gasteiger partial charge on any atom is -0.495 e. The summed E-state index contributed by atoms with van der Waals surface area (Å²) in [4.78, 5) is 2.06. The lowest BCUT2D eigenvalue weighted by molar-refractivity contribution is 0.374. The lowest BCUT2D eigenvalue weighted by Gasteiger charge is -2.22. The van der Waals surface area contributed by atoms with Gasteiger partial charge in [0, 0.05) is 6.04 Å². The van der Waals surface area contributed by atoms with Gasteiger partial charge in [-0.2, -0.15) is 0 Å². The standard InChI is InChI=1S/C19H25FN2O3S/c1-14-5-10-18(25-4)19(13-14)26(23,24)21-17(11-12-22(2)3)15-6-8-16(20)9-7-15/h5-10,13,17,21H,11-12H2,1-4H3. The van der Waals surface area contributed by atoms with E-state index in [4.69, 9.17) is 4.74 Å². The fourth-order valence-corrected chi connectivity index (χ4v) is 4.13. The highest BCUT2D eigenvalue weighted by Crippen LogP contribution is 2.27. The first-order chi connectivity index (χ1) is 12.2. The Kier molecular flexibility index (Phi) is 6.75. The molecule has 26 heavy (non-hydrogen) atoms. The number of benzene rings is 2. The summed E-state index contributed by atoms with van der Waals surface area (Å²) in [7, 11) is 1.45. The first kappa shape index (κ1) is 20.4. The molecule has 1 atom stereocenters.